The monoisotopic (exact) mass is 249 g/mol. The van der Waals surface area contributed by atoms with Crippen molar-refractivity contribution in [1.82, 2.24) is 19.6 Å². The van der Waals surface area contributed by atoms with Gasteiger partial charge in [0, 0.05) is 12.7 Å². The lowest BCUT2D eigenvalue weighted by atomic mass is 10.0. The molecule has 1 aliphatic rings. The first-order valence-corrected chi connectivity index (χ1v) is 5.88. The molecule has 1 unspecified atom stereocenters. The summed E-state index contributed by atoms with van der Waals surface area (Å²) < 4.78 is 6.83. The number of aryl methyl sites for hydroxylation is 1. The van der Waals surface area contributed by atoms with Crippen molar-refractivity contribution in [3.63, 3.8) is 0 Å². The van der Waals surface area contributed by atoms with Gasteiger partial charge in [0.25, 0.3) is 0 Å². The van der Waals surface area contributed by atoms with E-state index in [-0.39, 0.29) is 11.2 Å². The molecule has 3 heterocycles. The van der Waals surface area contributed by atoms with Crippen LogP contribution >= 0.6 is 0 Å². The van der Waals surface area contributed by atoms with E-state index in [0.29, 0.717) is 23.9 Å². The number of aromatic nitrogens is 4. The number of hydrogen-bond acceptors (Lipinski definition) is 5. The van der Waals surface area contributed by atoms with Gasteiger partial charge < -0.3 is 10.1 Å². The molecular weight excluding hydrogens is 234 g/mol. The van der Waals surface area contributed by atoms with E-state index in [1.54, 1.807) is 13.0 Å². The summed E-state index contributed by atoms with van der Waals surface area (Å²) in [5.41, 5.74) is 0.198. The van der Waals surface area contributed by atoms with Gasteiger partial charge in [0.05, 0.1) is 12.1 Å². The highest BCUT2D eigenvalue weighted by Crippen LogP contribution is 2.23. The number of H-pyrrole nitrogens is 1. The summed E-state index contributed by atoms with van der Waals surface area (Å²) in [5, 5.41) is 9.72. The minimum Gasteiger partial charge on any atom is -0.379 e. The summed E-state index contributed by atoms with van der Waals surface area (Å²) in [6.07, 6.45) is 0.937. The Hall–Kier alpha value is -1.89. The number of nitrogens with one attached hydrogen (secondary N) is 2. The molecule has 0 saturated carbocycles. The van der Waals surface area contributed by atoms with Crippen molar-refractivity contribution < 1.29 is 4.74 Å². The standard InChI is InChI=1S/C11H15N5O2/c1-7-12-8(13-11(2)3-4-18-6-11)5-9-14-15-10(17)16(7)9/h5,13H,3-4,6H2,1-2H3,(H,15,17). The molecule has 7 nitrogen and oxygen atoms in total. The van der Waals surface area contributed by atoms with Crippen molar-refractivity contribution in [2.24, 2.45) is 0 Å². The maximum atomic E-state index is 11.5. The summed E-state index contributed by atoms with van der Waals surface area (Å²) in [6.45, 7) is 5.29. The van der Waals surface area contributed by atoms with Crippen LogP contribution in [0.25, 0.3) is 5.65 Å². The quantitative estimate of drug-likeness (QED) is 0.800. The minimum atomic E-state index is -0.267. The van der Waals surface area contributed by atoms with E-state index in [4.69, 9.17) is 4.74 Å². The van der Waals surface area contributed by atoms with Crippen molar-refractivity contribution in [3.8, 4) is 0 Å². The summed E-state index contributed by atoms with van der Waals surface area (Å²) in [4.78, 5) is 15.9. The first-order valence-electron chi connectivity index (χ1n) is 5.88. The number of rotatable bonds is 2. The Balaban J connectivity index is 2.00. The highest BCUT2D eigenvalue weighted by molar-refractivity contribution is 5.51. The van der Waals surface area contributed by atoms with Gasteiger partial charge in [-0.1, -0.05) is 0 Å². The van der Waals surface area contributed by atoms with Crippen LogP contribution in [-0.4, -0.2) is 38.3 Å². The zero-order valence-electron chi connectivity index (χ0n) is 10.4. The Kier molecular flexibility index (Phi) is 2.37. The molecule has 18 heavy (non-hydrogen) atoms. The maximum absolute atomic E-state index is 11.5. The molecule has 3 rings (SSSR count). The van der Waals surface area contributed by atoms with Gasteiger partial charge >= 0.3 is 5.69 Å². The molecule has 2 aromatic rings. The van der Waals surface area contributed by atoms with Crippen LogP contribution in [0.2, 0.25) is 0 Å². The molecule has 7 heteroatoms. The third-order valence-corrected chi connectivity index (χ3v) is 3.22. The van der Waals surface area contributed by atoms with Crippen molar-refractivity contribution in [2.75, 3.05) is 18.5 Å². The van der Waals surface area contributed by atoms with Gasteiger partial charge in [-0.05, 0) is 20.3 Å². The lowest BCUT2D eigenvalue weighted by Gasteiger charge is -2.24. The van der Waals surface area contributed by atoms with E-state index < -0.39 is 0 Å². The first kappa shape index (κ1) is 11.2. The minimum absolute atomic E-state index is 0.103. The second kappa shape index (κ2) is 3.81. The van der Waals surface area contributed by atoms with E-state index >= 15 is 0 Å². The molecule has 0 spiro atoms. The Bertz CT molecular complexity index is 638. The van der Waals surface area contributed by atoms with Gasteiger partial charge in [0.2, 0.25) is 0 Å². The van der Waals surface area contributed by atoms with Crippen LogP contribution in [0.4, 0.5) is 5.82 Å². The van der Waals surface area contributed by atoms with Crippen LogP contribution in [-0.2, 0) is 4.74 Å². The Morgan fingerprint density at radius 3 is 3.17 bits per heavy atom. The molecule has 96 valence electrons. The fourth-order valence-electron chi connectivity index (χ4n) is 2.24. The van der Waals surface area contributed by atoms with Gasteiger partial charge in [-0.15, -0.1) is 0 Å². The van der Waals surface area contributed by atoms with Gasteiger partial charge in [-0.25, -0.2) is 19.3 Å². The Labute approximate surface area is 103 Å². The number of ether oxygens (including phenoxy) is 1. The van der Waals surface area contributed by atoms with E-state index in [1.807, 2.05) is 0 Å². The Morgan fingerprint density at radius 1 is 1.61 bits per heavy atom. The Morgan fingerprint density at radius 2 is 2.44 bits per heavy atom. The molecule has 1 aliphatic heterocycles. The first-order chi connectivity index (χ1) is 8.57. The predicted octanol–water partition coefficient (Wildman–Crippen LogP) is 0.317. The van der Waals surface area contributed by atoms with Crippen LogP contribution in [0.5, 0.6) is 0 Å². The highest BCUT2D eigenvalue weighted by atomic mass is 16.5. The van der Waals surface area contributed by atoms with E-state index in [2.05, 4.69) is 27.4 Å². The van der Waals surface area contributed by atoms with Gasteiger partial charge in [0.1, 0.15) is 11.6 Å². The maximum Gasteiger partial charge on any atom is 0.349 e. The highest BCUT2D eigenvalue weighted by Gasteiger charge is 2.30. The molecule has 0 bridgehead atoms. The fraction of sp³-hybridized carbons (Fsp3) is 0.545. The van der Waals surface area contributed by atoms with E-state index in [9.17, 15) is 4.79 Å². The van der Waals surface area contributed by atoms with Crippen molar-refractivity contribution in [2.45, 2.75) is 25.8 Å². The third-order valence-electron chi connectivity index (χ3n) is 3.22. The van der Waals surface area contributed by atoms with Crippen molar-refractivity contribution >= 4 is 11.5 Å². The molecule has 2 aromatic heterocycles. The lowest BCUT2D eigenvalue weighted by molar-refractivity contribution is 0.185. The van der Waals surface area contributed by atoms with Crippen molar-refractivity contribution in [1.29, 1.82) is 0 Å². The second-order valence-electron chi connectivity index (χ2n) is 4.90. The molecule has 1 atom stereocenters. The fourth-order valence-corrected chi connectivity index (χ4v) is 2.24. The van der Waals surface area contributed by atoms with Crippen LogP contribution in [0.1, 0.15) is 19.2 Å². The van der Waals surface area contributed by atoms with Gasteiger partial charge in [-0.3, -0.25) is 0 Å². The summed E-state index contributed by atoms with van der Waals surface area (Å²) in [6, 6.07) is 1.76. The second-order valence-corrected chi connectivity index (χ2v) is 4.90. The lowest BCUT2D eigenvalue weighted by Crippen LogP contribution is -2.35. The molecule has 1 fully saturated rings. The zero-order valence-corrected chi connectivity index (χ0v) is 10.4. The zero-order chi connectivity index (χ0) is 12.8. The van der Waals surface area contributed by atoms with Crippen LogP contribution in [0.3, 0.4) is 0 Å². The molecule has 1 saturated heterocycles. The largest absolute Gasteiger partial charge is 0.379 e. The third kappa shape index (κ3) is 1.76. The predicted molar refractivity (Wildman–Crippen MR) is 65.8 cm³/mol. The summed E-state index contributed by atoms with van der Waals surface area (Å²) >= 11 is 0. The van der Waals surface area contributed by atoms with Crippen LogP contribution in [0.15, 0.2) is 10.9 Å². The molecule has 0 aromatic carbocycles. The number of anilines is 1. The number of aromatic amines is 1. The number of hydrogen-bond donors (Lipinski definition) is 2. The molecule has 0 amide bonds. The van der Waals surface area contributed by atoms with Gasteiger partial charge in [-0.2, -0.15) is 5.10 Å². The summed E-state index contributed by atoms with van der Waals surface area (Å²) in [7, 11) is 0. The average Bonchev–Trinajstić information content (AvgIpc) is 2.86. The topological polar surface area (TPSA) is 84.3 Å². The SMILES string of the molecule is Cc1nc(NC2(C)CCOC2)cc2n[nH]c(=O)n12. The number of nitrogens with zero attached hydrogens (tertiary/aromatic N) is 3. The molecule has 2 N–H and O–H groups in total. The number of fused-ring (bicyclic) bond motifs is 1. The van der Waals surface area contributed by atoms with Crippen LogP contribution in [0, 0.1) is 6.92 Å². The summed E-state index contributed by atoms with van der Waals surface area (Å²) in [5.74, 6) is 1.32. The van der Waals surface area contributed by atoms with Crippen molar-refractivity contribution in [3.05, 3.63) is 22.4 Å². The van der Waals surface area contributed by atoms with Crippen LogP contribution < -0.4 is 11.0 Å². The molecule has 0 radical (unpaired) electrons. The van der Waals surface area contributed by atoms with E-state index in [0.717, 1.165) is 13.0 Å². The normalized spacial score (nSPS) is 23.7. The smallest absolute Gasteiger partial charge is 0.349 e. The molecular formula is C11H15N5O2. The molecule has 0 aliphatic carbocycles. The van der Waals surface area contributed by atoms with Gasteiger partial charge in [0.15, 0.2) is 5.65 Å². The van der Waals surface area contributed by atoms with E-state index in [1.165, 1.54) is 4.40 Å². The average molecular weight is 249 g/mol.